The minimum absolute atomic E-state index is 0.112. The third-order valence-corrected chi connectivity index (χ3v) is 4.39. The first-order chi connectivity index (χ1) is 9.94. The van der Waals surface area contributed by atoms with E-state index in [1.165, 1.54) is 26.3 Å². The van der Waals surface area contributed by atoms with Crippen LogP contribution in [0.2, 0.25) is 0 Å². The number of nitrogens with one attached hydrogen (secondary N) is 2. The molecular weight excluding hydrogens is 294 g/mol. The number of carbonyl (C=O) groups excluding carboxylic acids is 1. The Morgan fingerprint density at radius 2 is 2.14 bits per heavy atom. The highest BCUT2D eigenvalue weighted by molar-refractivity contribution is 7.89. The summed E-state index contributed by atoms with van der Waals surface area (Å²) in [5, 5.41) is 2.69. The SMILES string of the molecule is CNS(=O)(=O)c1ccc2c(c1)N(CCNC(C)=O)C=CO2. The predicted molar refractivity (Wildman–Crippen MR) is 78.5 cm³/mol. The van der Waals surface area contributed by atoms with Gasteiger partial charge >= 0.3 is 0 Å². The van der Waals surface area contributed by atoms with Gasteiger partial charge in [0.15, 0.2) is 0 Å². The zero-order chi connectivity index (χ0) is 15.5. The van der Waals surface area contributed by atoms with Crippen molar-refractivity contribution in [2.24, 2.45) is 0 Å². The summed E-state index contributed by atoms with van der Waals surface area (Å²) in [6.45, 7) is 2.40. The predicted octanol–water partition coefficient (Wildman–Crippen LogP) is 0.401. The summed E-state index contributed by atoms with van der Waals surface area (Å²) >= 11 is 0. The van der Waals surface area contributed by atoms with Crippen molar-refractivity contribution >= 4 is 21.6 Å². The highest BCUT2D eigenvalue weighted by Crippen LogP contribution is 2.33. The Hall–Kier alpha value is -2.06. The second-order valence-electron chi connectivity index (χ2n) is 4.42. The van der Waals surface area contributed by atoms with Crippen LogP contribution in [0.3, 0.4) is 0 Å². The molecule has 21 heavy (non-hydrogen) atoms. The van der Waals surface area contributed by atoms with Crippen LogP contribution in [0.15, 0.2) is 35.6 Å². The van der Waals surface area contributed by atoms with Crippen LogP contribution in [0.25, 0.3) is 0 Å². The zero-order valence-corrected chi connectivity index (χ0v) is 12.6. The molecule has 0 atom stereocenters. The highest BCUT2D eigenvalue weighted by Gasteiger charge is 2.19. The van der Waals surface area contributed by atoms with Gasteiger partial charge in [0.25, 0.3) is 0 Å². The van der Waals surface area contributed by atoms with Gasteiger partial charge in [-0.25, -0.2) is 13.1 Å². The summed E-state index contributed by atoms with van der Waals surface area (Å²) in [7, 11) is -2.15. The molecule has 0 radical (unpaired) electrons. The van der Waals surface area contributed by atoms with E-state index in [0.717, 1.165) is 0 Å². The molecule has 1 aliphatic heterocycles. The summed E-state index contributed by atoms with van der Waals surface area (Å²) in [6.07, 6.45) is 3.21. The van der Waals surface area contributed by atoms with E-state index in [9.17, 15) is 13.2 Å². The average molecular weight is 311 g/mol. The van der Waals surface area contributed by atoms with Gasteiger partial charge in [-0.05, 0) is 25.2 Å². The van der Waals surface area contributed by atoms with Gasteiger partial charge in [-0.3, -0.25) is 4.79 Å². The third kappa shape index (κ3) is 3.53. The Labute approximate surface area is 123 Å². The molecular formula is C13H17N3O4S. The second-order valence-corrected chi connectivity index (χ2v) is 6.30. The van der Waals surface area contributed by atoms with Crippen molar-refractivity contribution in [1.29, 1.82) is 0 Å². The van der Waals surface area contributed by atoms with Crippen LogP contribution < -0.4 is 19.7 Å². The first-order valence-electron chi connectivity index (χ1n) is 6.36. The summed E-state index contributed by atoms with van der Waals surface area (Å²) in [5.74, 6) is 0.453. The Balaban J connectivity index is 2.25. The minimum Gasteiger partial charge on any atom is -0.461 e. The first-order valence-corrected chi connectivity index (χ1v) is 7.84. The van der Waals surface area contributed by atoms with E-state index in [-0.39, 0.29) is 10.8 Å². The van der Waals surface area contributed by atoms with E-state index < -0.39 is 10.0 Å². The van der Waals surface area contributed by atoms with Crippen molar-refractivity contribution in [3.05, 3.63) is 30.7 Å². The lowest BCUT2D eigenvalue weighted by Gasteiger charge is -2.26. The lowest BCUT2D eigenvalue weighted by atomic mass is 10.2. The third-order valence-electron chi connectivity index (χ3n) is 2.98. The number of hydrogen-bond acceptors (Lipinski definition) is 5. The van der Waals surface area contributed by atoms with Gasteiger partial charge in [-0.15, -0.1) is 0 Å². The monoisotopic (exact) mass is 311 g/mol. The fraction of sp³-hybridized carbons (Fsp3) is 0.308. The first kappa shape index (κ1) is 15.3. The zero-order valence-electron chi connectivity index (χ0n) is 11.8. The Bertz CT molecular complexity index is 670. The number of anilines is 1. The molecule has 1 aromatic rings. The number of ether oxygens (including phenoxy) is 1. The lowest BCUT2D eigenvalue weighted by molar-refractivity contribution is -0.118. The fourth-order valence-electron chi connectivity index (χ4n) is 1.91. The van der Waals surface area contributed by atoms with E-state index in [4.69, 9.17) is 4.74 Å². The van der Waals surface area contributed by atoms with E-state index in [1.807, 2.05) is 4.90 Å². The number of amides is 1. The quantitative estimate of drug-likeness (QED) is 0.822. The number of nitrogens with zero attached hydrogens (tertiary/aromatic N) is 1. The van der Waals surface area contributed by atoms with Crippen LogP contribution >= 0.6 is 0 Å². The van der Waals surface area contributed by atoms with E-state index in [2.05, 4.69) is 10.0 Å². The molecule has 2 N–H and O–H groups in total. The Morgan fingerprint density at radius 3 is 2.81 bits per heavy atom. The van der Waals surface area contributed by atoms with Gasteiger partial charge in [0, 0.05) is 26.2 Å². The number of rotatable bonds is 5. The highest BCUT2D eigenvalue weighted by atomic mass is 32.2. The van der Waals surface area contributed by atoms with Crippen LogP contribution in [0.1, 0.15) is 6.92 Å². The molecule has 1 amide bonds. The average Bonchev–Trinajstić information content (AvgIpc) is 2.46. The molecule has 0 saturated carbocycles. The number of hydrogen-bond donors (Lipinski definition) is 2. The van der Waals surface area contributed by atoms with Gasteiger partial charge in [0.05, 0.1) is 10.6 Å². The van der Waals surface area contributed by atoms with Crippen LogP contribution in [0.5, 0.6) is 5.75 Å². The molecule has 7 nitrogen and oxygen atoms in total. The van der Waals surface area contributed by atoms with Gasteiger partial charge in [-0.2, -0.15) is 0 Å². The van der Waals surface area contributed by atoms with Crippen LogP contribution in [0.4, 0.5) is 5.69 Å². The lowest BCUT2D eigenvalue weighted by Crippen LogP contribution is -2.32. The summed E-state index contributed by atoms with van der Waals surface area (Å²) in [4.78, 5) is 12.9. The summed E-state index contributed by atoms with van der Waals surface area (Å²) in [5.41, 5.74) is 0.638. The van der Waals surface area contributed by atoms with Crippen molar-refractivity contribution in [1.82, 2.24) is 10.0 Å². The molecule has 0 spiro atoms. The topological polar surface area (TPSA) is 87.7 Å². The van der Waals surface area contributed by atoms with E-state index in [0.29, 0.717) is 24.5 Å². The maximum Gasteiger partial charge on any atom is 0.240 e. The number of carbonyl (C=O) groups is 1. The van der Waals surface area contributed by atoms with Crippen LogP contribution in [0, 0.1) is 0 Å². The normalized spacial score (nSPS) is 13.5. The molecule has 1 heterocycles. The molecule has 0 aliphatic carbocycles. The van der Waals surface area contributed by atoms with Crippen LogP contribution in [-0.4, -0.2) is 34.5 Å². The second kappa shape index (κ2) is 6.15. The molecule has 0 aromatic heterocycles. The maximum atomic E-state index is 11.9. The van der Waals surface area contributed by atoms with Gasteiger partial charge < -0.3 is 15.0 Å². The smallest absolute Gasteiger partial charge is 0.240 e. The van der Waals surface area contributed by atoms with Crippen molar-refractivity contribution in [2.75, 3.05) is 25.0 Å². The molecule has 8 heteroatoms. The molecule has 0 unspecified atom stereocenters. The van der Waals surface area contributed by atoms with Crippen molar-refractivity contribution in [3.63, 3.8) is 0 Å². The molecule has 1 aromatic carbocycles. The van der Waals surface area contributed by atoms with Crippen LogP contribution in [-0.2, 0) is 14.8 Å². The standard InChI is InChI=1S/C13H17N3O4S/c1-10(17)15-5-6-16-7-8-20-13-4-3-11(9-12(13)16)21(18,19)14-2/h3-4,7-9,14H,5-6H2,1-2H3,(H,15,17). The minimum atomic E-state index is -3.52. The summed E-state index contributed by atoms with van der Waals surface area (Å²) < 4.78 is 31.3. The van der Waals surface area contributed by atoms with Crippen molar-refractivity contribution in [3.8, 4) is 5.75 Å². The molecule has 114 valence electrons. The molecule has 1 aliphatic rings. The van der Waals surface area contributed by atoms with E-state index in [1.54, 1.807) is 18.3 Å². The number of fused-ring (bicyclic) bond motifs is 1. The molecule has 0 fully saturated rings. The van der Waals surface area contributed by atoms with Gasteiger partial charge in [0.1, 0.15) is 12.0 Å². The molecule has 0 bridgehead atoms. The fourth-order valence-corrected chi connectivity index (χ4v) is 2.66. The Morgan fingerprint density at radius 1 is 1.38 bits per heavy atom. The summed E-state index contributed by atoms with van der Waals surface area (Å²) in [6, 6.07) is 4.63. The van der Waals surface area contributed by atoms with Gasteiger partial charge in [-0.1, -0.05) is 0 Å². The maximum absolute atomic E-state index is 11.9. The largest absolute Gasteiger partial charge is 0.461 e. The number of benzene rings is 1. The van der Waals surface area contributed by atoms with Crippen molar-refractivity contribution in [2.45, 2.75) is 11.8 Å². The Kier molecular flexibility index (Phi) is 4.49. The van der Waals surface area contributed by atoms with Crippen molar-refractivity contribution < 1.29 is 17.9 Å². The van der Waals surface area contributed by atoms with Gasteiger partial charge in [0.2, 0.25) is 15.9 Å². The molecule has 2 rings (SSSR count). The number of sulfonamides is 1. The molecule has 0 saturated heterocycles. The van der Waals surface area contributed by atoms with E-state index >= 15 is 0 Å².